The van der Waals surface area contributed by atoms with Crippen LogP contribution in [0.25, 0.3) is 10.9 Å². The molecule has 1 aliphatic carbocycles. The van der Waals surface area contributed by atoms with E-state index in [0.29, 0.717) is 35.2 Å². The van der Waals surface area contributed by atoms with E-state index in [9.17, 15) is 9.18 Å². The number of aromatic nitrogens is 2. The number of pyridine rings is 1. The van der Waals surface area contributed by atoms with Gasteiger partial charge in [0.05, 0.1) is 12.6 Å². The van der Waals surface area contributed by atoms with E-state index in [4.69, 9.17) is 16.3 Å². The lowest BCUT2D eigenvalue weighted by Crippen LogP contribution is -2.40. The maximum Gasteiger partial charge on any atom is 0.230 e. The highest BCUT2D eigenvalue weighted by Crippen LogP contribution is 2.33. The molecule has 2 heterocycles. The highest BCUT2D eigenvalue weighted by molar-refractivity contribution is 6.29. The number of carbonyl (C=O) groups excluding carboxylic acids is 1. The average molecular weight is 416 g/mol. The van der Waals surface area contributed by atoms with Crippen LogP contribution in [0, 0.1) is 18.7 Å². The van der Waals surface area contributed by atoms with Gasteiger partial charge in [0.15, 0.2) is 0 Å². The Bertz CT molecular complexity index is 1060. The number of methoxy groups -OCH3 is 1. The Morgan fingerprint density at radius 1 is 1.34 bits per heavy atom. The van der Waals surface area contributed by atoms with E-state index in [1.54, 1.807) is 36.4 Å². The third-order valence-electron chi connectivity index (χ3n) is 5.69. The second-order valence-corrected chi connectivity index (χ2v) is 7.79. The Balaban J connectivity index is 1.67. The minimum Gasteiger partial charge on any atom is -0.496 e. The molecule has 0 saturated heterocycles. The number of anilines is 1. The highest BCUT2D eigenvalue weighted by Gasteiger charge is 2.30. The number of hydrogen-bond donors (Lipinski definition) is 0. The van der Waals surface area contributed by atoms with Crippen molar-refractivity contribution in [2.45, 2.75) is 32.7 Å². The third-order valence-corrected chi connectivity index (χ3v) is 5.89. The van der Waals surface area contributed by atoms with Crippen LogP contribution in [0.4, 0.5) is 10.1 Å². The van der Waals surface area contributed by atoms with Crippen LogP contribution >= 0.6 is 11.6 Å². The normalized spacial score (nSPS) is 14.1. The van der Waals surface area contributed by atoms with Gasteiger partial charge in [-0.25, -0.2) is 9.37 Å². The van der Waals surface area contributed by atoms with Gasteiger partial charge in [0.2, 0.25) is 5.91 Å². The Morgan fingerprint density at radius 2 is 2.14 bits per heavy atom. The fourth-order valence-electron chi connectivity index (χ4n) is 3.91. The second kappa shape index (κ2) is 8.03. The molecule has 0 atom stereocenters. The molecule has 5 nitrogen and oxygen atoms in total. The summed E-state index contributed by atoms with van der Waals surface area (Å²) in [6.45, 7) is 2.80. The van der Waals surface area contributed by atoms with Crippen molar-refractivity contribution in [3.63, 3.8) is 0 Å². The molecule has 0 N–H and O–H groups in total. The number of nitrogens with zero attached hydrogens (tertiary/aromatic N) is 3. The summed E-state index contributed by atoms with van der Waals surface area (Å²) in [6.07, 6.45) is 4.49. The standard InChI is InChI=1S/C22H23ClFN3O2/c1-14-12-17-19(29-2)7-6-18(24)21(17)26(14)10-11-27(22(28)15-4-3-5-15)16-8-9-25-20(23)13-16/h6-9,12-13,15H,3-5,10-11H2,1-2H3. The third kappa shape index (κ3) is 3.69. The Hall–Kier alpha value is -2.60. The summed E-state index contributed by atoms with van der Waals surface area (Å²) in [5, 5.41) is 1.07. The van der Waals surface area contributed by atoms with Gasteiger partial charge < -0.3 is 14.2 Å². The molecular formula is C22H23ClFN3O2. The molecule has 1 aromatic carbocycles. The van der Waals surface area contributed by atoms with Gasteiger partial charge in [-0.3, -0.25) is 4.79 Å². The van der Waals surface area contributed by atoms with Crippen LogP contribution in [0.1, 0.15) is 25.0 Å². The van der Waals surface area contributed by atoms with Gasteiger partial charge in [-0.15, -0.1) is 0 Å². The molecule has 1 fully saturated rings. The first-order valence-electron chi connectivity index (χ1n) is 9.75. The van der Waals surface area contributed by atoms with Crippen molar-refractivity contribution < 1.29 is 13.9 Å². The van der Waals surface area contributed by atoms with Crippen LogP contribution in [0.5, 0.6) is 5.75 Å². The van der Waals surface area contributed by atoms with Gasteiger partial charge in [0.25, 0.3) is 0 Å². The summed E-state index contributed by atoms with van der Waals surface area (Å²) in [6, 6.07) is 8.44. The maximum absolute atomic E-state index is 14.6. The fraction of sp³-hybridized carbons (Fsp3) is 0.364. The lowest BCUT2D eigenvalue weighted by atomic mass is 9.84. The first-order chi connectivity index (χ1) is 14.0. The lowest BCUT2D eigenvalue weighted by molar-refractivity contribution is -0.124. The minimum absolute atomic E-state index is 0.0428. The quantitative estimate of drug-likeness (QED) is 0.533. The zero-order valence-electron chi connectivity index (χ0n) is 16.5. The van der Waals surface area contributed by atoms with Crippen LogP contribution in [-0.4, -0.2) is 29.1 Å². The van der Waals surface area contributed by atoms with E-state index < -0.39 is 0 Å². The first-order valence-corrected chi connectivity index (χ1v) is 10.1. The molecule has 0 bridgehead atoms. The fourth-order valence-corrected chi connectivity index (χ4v) is 4.08. The van der Waals surface area contributed by atoms with Crippen LogP contribution in [0.2, 0.25) is 5.15 Å². The van der Waals surface area contributed by atoms with Crippen molar-refractivity contribution in [2.24, 2.45) is 5.92 Å². The number of amides is 1. The van der Waals surface area contributed by atoms with Crippen molar-refractivity contribution in [3.05, 3.63) is 53.2 Å². The molecule has 1 amide bonds. The van der Waals surface area contributed by atoms with E-state index in [1.807, 2.05) is 17.6 Å². The highest BCUT2D eigenvalue weighted by atomic mass is 35.5. The summed E-state index contributed by atoms with van der Waals surface area (Å²) in [7, 11) is 1.57. The van der Waals surface area contributed by atoms with Crippen molar-refractivity contribution in [1.82, 2.24) is 9.55 Å². The van der Waals surface area contributed by atoms with Gasteiger partial charge in [-0.05, 0) is 50.1 Å². The molecule has 2 aromatic heterocycles. The van der Waals surface area contributed by atoms with E-state index in [1.165, 1.54) is 6.07 Å². The molecule has 152 valence electrons. The van der Waals surface area contributed by atoms with E-state index in [2.05, 4.69) is 4.98 Å². The molecule has 7 heteroatoms. The molecule has 0 aliphatic heterocycles. The number of rotatable bonds is 6. The number of ether oxygens (including phenoxy) is 1. The topological polar surface area (TPSA) is 47.4 Å². The number of aryl methyl sites for hydroxylation is 1. The van der Waals surface area contributed by atoms with Crippen LogP contribution in [-0.2, 0) is 11.3 Å². The maximum atomic E-state index is 14.6. The molecule has 0 unspecified atom stereocenters. The Kier molecular flexibility index (Phi) is 5.46. The molecule has 1 aliphatic rings. The Morgan fingerprint density at radius 3 is 2.79 bits per heavy atom. The SMILES string of the molecule is COc1ccc(F)c2c1cc(C)n2CCN(C(=O)C1CCC1)c1ccnc(Cl)c1. The zero-order chi connectivity index (χ0) is 20.5. The predicted octanol–water partition coefficient (Wildman–Crippen LogP) is 4.98. The molecule has 0 radical (unpaired) electrons. The van der Waals surface area contributed by atoms with Crippen LogP contribution in [0.15, 0.2) is 36.5 Å². The summed E-state index contributed by atoms with van der Waals surface area (Å²) in [5.74, 6) is 0.455. The van der Waals surface area contributed by atoms with Gasteiger partial charge in [-0.2, -0.15) is 0 Å². The number of halogens is 2. The van der Waals surface area contributed by atoms with Gasteiger partial charge >= 0.3 is 0 Å². The Labute approximate surface area is 174 Å². The number of fused-ring (bicyclic) bond motifs is 1. The molecule has 29 heavy (non-hydrogen) atoms. The van der Waals surface area contributed by atoms with Crippen molar-refractivity contribution in [1.29, 1.82) is 0 Å². The second-order valence-electron chi connectivity index (χ2n) is 7.40. The number of hydrogen-bond acceptors (Lipinski definition) is 3. The van der Waals surface area contributed by atoms with Crippen LogP contribution in [0.3, 0.4) is 0 Å². The van der Waals surface area contributed by atoms with E-state index in [0.717, 1.165) is 30.3 Å². The monoisotopic (exact) mass is 415 g/mol. The van der Waals surface area contributed by atoms with Gasteiger partial charge in [0, 0.05) is 42.0 Å². The summed E-state index contributed by atoms with van der Waals surface area (Å²) < 4.78 is 21.9. The van der Waals surface area contributed by atoms with Crippen molar-refractivity contribution >= 4 is 34.1 Å². The summed E-state index contributed by atoms with van der Waals surface area (Å²) in [4.78, 5) is 18.8. The zero-order valence-corrected chi connectivity index (χ0v) is 17.2. The van der Waals surface area contributed by atoms with Gasteiger partial charge in [-0.1, -0.05) is 18.0 Å². The average Bonchev–Trinajstić information content (AvgIpc) is 2.98. The van der Waals surface area contributed by atoms with Crippen LogP contribution < -0.4 is 9.64 Å². The molecule has 4 rings (SSSR count). The summed E-state index contributed by atoms with van der Waals surface area (Å²) >= 11 is 6.06. The smallest absolute Gasteiger partial charge is 0.230 e. The first kappa shape index (κ1) is 19.7. The van der Waals surface area contributed by atoms with Crippen molar-refractivity contribution in [2.75, 3.05) is 18.6 Å². The van der Waals surface area contributed by atoms with E-state index >= 15 is 0 Å². The summed E-state index contributed by atoms with van der Waals surface area (Å²) in [5.41, 5.74) is 2.12. The minimum atomic E-state index is -0.308. The van der Waals surface area contributed by atoms with Gasteiger partial charge in [0.1, 0.15) is 16.7 Å². The van der Waals surface area contributed by atoms with Crippen molar-refractivity contribution in [3.8, 4) is 5.75 Å². The molecule has 1 saturated carbocycles. The lowest BCUT2D eigenvalue weighted by Gasteiger charge is -2.32. The largest absolute Gasteiger partial charge is 0.496 e. The predicted molar refractivity (Wildman–Crippen MR) is 112 cm³/mol. The molecular weight excluding hydrogens is 393 g/mol. The molecule has 0 spiro atoms. The number of benzene rings is 1. The molecule has 3 aromatic rings. The van der Waals surface area contributed by atoms with E-state index in [-0.39, 0.29) is 17.6 Å². The number of carbonyl (C=O) groups is 1.